The molecule has 0 aliphatic carbocycles. The summed E-state index contributed by atoms with van der Waals surface area (Å²) in [5, 5.41) is 2.89. The zero-order chi connectivity index (χ0) is 14.0. The van der Waals surface area contributed by atoms with Gasteiger partial charge in [0.05, 0.1) is 32.1 Å². The monoisotopic (exact) mass is 284 g/mol. The highest BCUT2D eigenvalue weighted by atomic mass is 32.1. The van der Waals surface area contributed by atoms with Gasteiger partial charge in [0.15, 0.2) is 5.13 Å². The van der Waals surface area contributed by atoms with Crippen LogP contribution in [0, 0.1) is 0 Å². The van der Waals surface area contributed by atoms with Gasteiger partial charge in [0.2, 0.25) is 0 Å². The van der Waals surface area contributed by atoms with Crippen LogP contribution in [0.25, 0.3) is 0 Å². The van der Waals surface area contributed by atoms with Gasteiger partial charge in [0, 0.05) is 11.9 Å². The van der Waals surface area contributed by atoms with E-state index in [1.54, 1.807) is 11.3 Å². The molecular formula is C13H20N2O3S. The van der Waals surface area contributed by atoms with Gasteiger partial charge in [-0.25, -0.2) is 4.98 Å². The SMILES string of the molecule is COC(=O)C(C)(C)c1csc(N2CCOCC2C)n1. The second kappa shape index (κ2) is 5.46. The number of rotatable bonds is 3. The topological polar surface area (TPSA) is 51.7 Å². The zero-order valence-electron chi connectivity index (χ0n) is 11.8. The summed E-state index contributed by atoms with van der Waals surface area (Å²) in [6.45, 7) is 8.06. The van der Waals surface area contributed by atoms with Crippen LogP contribution in [-0.2, 0) is 19.7 Å². The summed E-state index contributed by atoms with van der Waals surface area (Å²) < 4.78 is 10.3. The van der Waals surface area contributed by atoms with Gasteiger partial charge < -0.3 is 14.4 Å². The predicted octanol–water partition coefficient (Wildman–Crippen LogP) is 1.82. The standard InChI is InChI=1S/C13H20N2O3S/c1-9-7-18-6-5-15(9)12-14-10(8-19-12)13(2,3)11(16)17-4/h8-9H,5-7H2,1-4H3. The molecule has 1 fully saturated rings. The zero-order valence-corrected chi connectivity index (χ0v) is 12.6. The molecule has 1 saturated heterocycles. The van der Waals surface area contributed by atoms with Crippen LogP contribution in [0.1, 0.15) is 26.5 Å². The largest absolute Gasteiger partial charge is 0.468 e. The summed E-state index contributed by atoms with van der Waals surface area (Å²) in [4.78, 5) is 18.6. The van der Waals surface area contributed by atoms with Crippen molar-refractivity contribution in [2.75, 3.05) is 31.8 Å². The normalized spacial score (nSPS) is 20.4. The molecule has 19 heavy (non-hydrogen) atoms. The van der Waals surface area contributed by atoms with Gasteiger partial charge in [-0.3, -0.25) is 4.79 Å². The summed E-state index contributed by atoms with van der Waals surface area (Å²) in [6, 6.07) is 0.314. The molecule has 2 heterocycles. The van der Waals surface area contributed by atoms with Crippen LogP contribution in [0.15, 0.2) is 5.38 Å². The van der Waals surface area contributed by atoms with Gasteiger partial charge in [-0.15, -0.1) is 11.3 Å². The molecule has 1 unspecified atom stereocenters. The molecule has 0 radical (unpaired) electrons. The molecule has 2 rings (SSSR count). The molecule has 1 aromatic heterocycles. The van der Waals surface area contributed by atoms with Crippen LogP contribution >= 0.6 is 11.3 Å². The highest BCUT2D eigenvalue weighted by Crippen LogP contribution is 2.31. The van der Waals surface area contributed by atoms with E-state index in [1.165, 1.54) is 7.11 Å². The van der Waals surface area contributed by atoms with Gasteiger partial charge in [0.25, 0.3) is 0 Å². The van der Waals surface area contributed by atoms with Crippen molar-refractivity contribution in [3.8, 4) is 0 Å². The fourth-order valence-corrected chi connectivity index (χ4v) is 3.18. The molecule has 1 aliphatic rings. The maximum absolute atomic E-state index is 11.8. The second-order valence-electron chi connectivity index (χ2n) is 5.25. The first-order valence-corrected chi connectivity index (χ1v) is 7.23. The molecule has 0 saturated carbocycles. The van der Waals surface area contributed by atoms with Crippen LogP contribution in [0.5, 0.6) is 0 Å². The Balaban J connectivity index is 2.21. The number of morpholine rings is 1. The van der Waals surface area contributed by atoms with Crippen molar-refractivity contribution in [3.63, 3.8) is 0 Å². The first-order valence-electron chi connectivity index (χ1n) is 6.35. The molecule has 5 nitrogen and oxygen atoms in total. The van der Waals surface area contributed by atoms with Crippen LogP contribution in [0.4, 0.5) is 5.13 Å². The van der Waals surface area contributed by atoms with Crippen molar-refractivity contribution in [2.45, 2.75) is 32.2 Å². The van der Waals surface area contributed by atoms with Gasteiger partial charge in [-0.05, 0) is 20.8 Å². The fraction of sp³-hybridized carbons (Fsp3) is 0.692. The fourth-order valence-electron chi connectivity index (χ4n) is 2.05. The molecule has 0 amide bonds. The van der Waals surface area contributed by atoms with Crippen molar-refractivity contribution < 1.29 is 14.3 Å². The molecule has 1 aliphatic heterocycles. The molecule has 0 N–H and O–H groups in total. The molecule has 1 aromatic rings. The minimum atomic E-state index is -0.709. The molecule has 0 bridgehead atoms. The Morgan fingerprint density at radius 1 is 1.63 bits per heavy atom. The van der Waals surface area contributed by atoms with E-state index in [0.29, 0.717) is 6.04 Å². The second-order valence-corrected chi connectivity index (χ2v) is 6.09. The Morgan fingerprint density at radius 3 is 3.00 bits per heavy atom. The van der Waals surface area contributed by atoms with E-state index >= 15 is 0 Å². The average Bonchev–Trinajstić information content (AvgIpc) is 2.88. The minimum absolute atomic E-state index is 0.264. The third kappa shape index (κ3) is 2.74. The number of hydrogen-bond acceptors (Lipinski definition) is 6. The van der Waals surface area contributed by atoms with E-state index < -0.39 is 5.41 Å². The number of esters is 1. The predicted molar refractivity (Wildman–Crippen MR) is 74.8 cm³/mol. The highest BCUT2D eigenvalue weighted by molar-refractivity contribution is 7.13. The van der Waals surface area contributed by atoms with E-state index in [2.05, 4.69) is 16.8 Å². The summed E-state index contributed by atoms with van der Waals surface area (Å²) in [5.74, 6) is -0.264. The lowest BCUT2D eigenvalue weighted by Crippen LogP contribution is -2.43. The number of carbonyl (C=O) groups is 1. The number of anilines is 1. The number of ether oxygens (including phenoxy) is 2. The van der Waals surface area contributed by atoms with Crippen LogP contribution in [0.3, 0.4) is 0 Å². The van der Waals surface area contributed by atoms with Crippen molar-refractivity contribution in [2.24, 2.45) is 0 Å². The molecule has 106 valence electrons. The third-order valence-electron chi connectivity index (χ3n) is 3.44. The molecular weight excluding hydrogens is 264 g/mol. The van der Waals surface area contributed by atoms with E-state index in [1.807, 2.05) is 19.2 Å². The Labute approximate surface area is 117 Å². The Kier molecular flexibility index (Phi) is 4.10. The summed E-state index contributed by atoms with van der Waals surface area (Å²) in [6.07, 6.45) is 0. The Hall–Kier alpha value is -1.14. The number of hydrogen-bond donors (Lipinski definition) is 0. The maximum Gasteiger partial charge on any atom is 0.317 e. The highest BCUT2D eigenvalue weighted by Gasteiger charge is 2.34. The Morgan fingerprint density at radius 2 is 2.37 bits per heavy atom. The Bertz CT molecular complexity index is 458. The summed E-state index contributed by atoms with van der Waals surface area (Å²) >= 11 is 1.57. The molecule has 0 aromatic carbocycles. The lowest BCUT2D eigenvalue weighted by Gasteiger charge is -2.33. The van der Waals surface area contributed by atoms with Crippen LogP contribution in [0.2, 0.25) is 0 Å². The third-order valence-corrected chi connectivity index (χ3v) is 4.32. The smallest absolute Gasteiger partial charge is 0.317 e. The molecule has 1 atom stereocenters. The maximum atomic E-state index is 11.8. The minimum Gasteiger partial charge on any atom is -0.468 e. The summed E-state index contributed by atoms with van der Waals surface area (Å²) in [7, 11) is 1.40. The lowest BCUT2D eigenvalue weighted by molar-refractivity contribution is -0.146. The van der Waals surface area contributed by atoms with Gasteiger partial charge >= 0.3 is 5.97 Å². The average molecular weight is 284 g/mol. The van der Waals surface area contributed by atoms with Gasteiger partial charge in [-0.1, -0.05) is 0 Å². The quantitative estimate of drug-likeness (QED) is 0.792. The van der Waals surface area contributed by atoms with Crippen molar-refractivity contribution in [1.82, 2.24) is 4.98 Å². The number of nitrogens with zero attached hydrogens (tertiary/aromatic N) is 2. The van der Waals surface area contributed by atoms with E-state index in [4.69, 9.17) is 9.47 Å². The van der Waals surface area contributed by atoms with Gasteiger partial charge in [0.1, 0.15) is 5.41 Å². The number of thiazole rings is 1. The van der Waals surface area contributed by atoms with E-state index in [-0.39, 0.29) is 5.97 Å². The van der Waals surface area contributed by atoms with Crippen LogP contribution < -0.4 is 4.90 Å². The van der Waals surface area contributed by atoms with Crippen molar-refractivity contribution in [3.05, 3.63) is 11.1 Å². The van der Waals surface area contributed by atoms with E-state index in [0.717, 1.165) is 30.6 Å². The first kappa shape index (κ1) is 14.3. The molecule has 6 heteroatoms. The van der Waals surface area contributed by atoms with Crippen molar-refractivity contribution >= 4 is 22.4 Å². The number of carbonyl (C=O) groups excluding carboxylic acids is 1. The number of aromatic nitrogens is 1. The summed E-state index contributed by atoms with van der Waals surface area (Å²) in [5.41, 5.74) is 0.0528. The van der Waals surface area contributed by atoms with Crippen LogP contribution in [-0.4, -0.2) is 43.9 Å². The van der Waals surface area contributed by atoms with Crippen molar-refractivity contribution in [1.29, 1.82) is 0 Å². The first-order chi connectivity index (χ1) is 8.96. The number of methoxy groups -OCH3 is 1. The van der Waals surface area contributed by atoms with E-state index in [9.17, 15) is 4.79 Å². The molecule has 0 spiro atoms. The van der Waals surface area contributed by atoms with Gasteiger partial charge in [-0.2, -0.15) is 0 Å². The lowest BCUT2D eigenvalue weighted by atomic mass is 9.90.